The molecule has 0 unspecified atom stereocenters. The fourth-order valence-electron chi connectivity index (χ4n) is 2.97. The summed E-state index contributed by atoms with van der Waals surface area (Å²) < 4.78 is 5.00. The second kappa shape index (κ2) is 21.1. The van der Waals surface area contributed by atoms with Gasteiger partial charge < -0.3 is 0 Å². The van der Waals surface area contributed by atoms with E-state index in [1.54, 1.807) is 7.11 Å². The molecule has 0 heterocycles. The molecule has 0 atom stereocenters. The fourth-order valence-corrected chi connectivity index (χ4v) is 3.81. The first-order valence-corrected chi connectivity index (χ1v) is 11.6. The van der Waals surface area contributed by atoms with Crippen molar-refractivity contribution in [2.45, 2.75) is 116 Å². The second-order valence-corrected chi connectivity index (χ2v) is 8.00. The largest absolute Gasteiger partial charge is 0.295 e. The van der Waals surface area contributed by atoms with Crippen molar-refractivity contribution in [1.29, 1.82) is 0 Å². The van der Waals surface area contributed by atoms with Gasteiger partial charge in [0, 0.05) is 0 Å². The van der Waals surface area contributed by atoms with Crippen LogP contribution in [0.2, 0.25) is 6.04 Å². The molecule has 0 amide bonds. The minimum absolute atomic E-state index is 0.376. The highest BCUT2D eigenvalue weighted by Gasteiger charge is 1.95. The Morgan fingerprint density at radius 1 is 0.545 bits per heavy atom. The summed E-state index contributed by atoms with van der Waals surface area (Å²) in [4.78, 5) is 4.63. The maximum atomic E-state index is 5.00. The van der Waals surface area contributed by atoms with Gasteiger partial charge in [-0.25, -0.2) is 0 Å². The van der Waals surface area contributed by atoms with Crippen molar-refractivity contribution in [2.24, 2.45) is 0 Å². The number of hydrogen-bond donors (Lipinski definition) is 0. The zero-order valence-corrected chi connectivity index (χ0v) is 17.0. The Labute approximate surface area is 142 Å². The quantitative estimate of drug-likeness (QED) is 0.119. The molecule has 0 saturated heterocycles. The van der Waals surface area contributed by atoms with Crippen LogP contribution in [0.1, 0.15) is 110 Å². The Balaban J connectivity index is 2.91. The Hall–Kier alpha value is 0.137. The molecule has 0 aromatic rings. The standard InChI is InChI=1S/C19H42O2Si/c1-3-4-5-6-7-8-9-10-11-12-13-14-15-16-17-18-19-22-21-20-2/h3-19,22H2,1-2H3. The first-order chi connectivity index (χ1) is 10.9. The maximum absolute atomic E-state index is 5.00. The van der Waals surface area contributed by atoms with E-state index in [9.17, 15) is 0 Å². The van der Waals surface area contributed by atoms with Gasteiger partial charge in [0.25, 0.3) is 0 Å². The molecule has 2 nitrogen and oxygen atoms in total. The Bertz CT molecular complexity index is 168. The summed E-state index contributed by atoms with van der Waals surface area (Å²) in [5, 5.41) is 0. The lowest BCUT2D eigenvalue weighted by molar-refractivity contribution is -0.179. The Morgan fingerprint density at radius 2 is 0.909 bits per heavy atom. The van der Waals surface area contributed by atoms with Crippen LogP contribution in [0, 0.1) is 0 Å². The average molecular weight is 331 g/mol. The molecule has 0 radical (unpaired) electrons. The average Bonchev–Trinajstić information content (AvgIpc) is 2.54. The highest BCUT2D eigenvalue weighted by atomic mass is 28.2. The van der Waals surface area contributed by atoms with Crippen LogP contribution < -0.4 is 0 Å². The Morgan fingerprint density at radius 3 is 1.27 bits per heavy atom. The van der Waals surface area contributed by atoms with E-state index in [0.717, 1.165) is 0 Å². The third-order valence-electron chi connectivity index (χ3n) is 4.45. The fraction of sp³-hybridized carbons (Fsp3) is 1.00. The predicted molar refractivity (Wildman–Crippen MR) is 101 cm³/mol. The van der Waals surface area contributed by atoms with Gasteiger partial charge in [-0.15, -0.1) is 0 Å². The lowest BCUT2D eigenvalue weighted by Gasteiger charge is -2.03. The molecule has 134 valence electrons. The topological polar surface area (TPSA) is 18.5 Å². The highest BCUT2D eigenvalue weighted by Crippen LogP contribution is 2.13. The summed E-state index contributed by atoms with van der Waals surface area (Å²) in [5.74, 6) is 0. The summed E-state index contributed by atoms with van der Waals surface area (Å²) >= 11 is 0. The van der Waals surface area contributed by atoms with Gasteiger partial charge in [-0.3, -0.25) is 9.46 Å². The van der Waals surface area contributed by atoms with Gasteiger partial charge in [-0.1, -0.05) is 110 Å². The van der Waals surface area contributed by atoms with E-state index >= 15 is 0 Å². The minimum atomic E-state index is -0.376. The summed E-state index contributed by atoms with van der Waals surface area (Å²) in [5.41, 5.74) is 0. The molecule has 0 aliphatic rings. The van der Waals surface area contributed by atoms with Crippen molar-refractivity contribution < 1.29 is 9.46 Å². The van der Waals surface area contributed by atoms with Gasteiger partial charge in [0.15, 0.2) is 0 Å². The molecule has 0 aliphatic heterocycles. The van der Waals surface area contributed by atoms with Gasteiger partial charge in [-0.2, -0.15) is 0 Å². The van der Waals surface area contributed by atoms with E-state index in [4.69, 9.17) is 4.58 Å². The smallest absolute Gasteiger partial charge is 0.208 e. The zero-order valence-electron chi connectivity index (χ0n) is 15.5. The Kier molecular flexibility index (Phi) is 21.3. The zero-order chi connectivity index (χ0) is 16.1. The molecule has 0 fully saturated rings. The van der Waals surface area contributed by atoms with Crippen molar-refractivity contribution in [3.63, 3.8) is 0 Å². The minimum Gasteiger partial charge on any atom is -0.295 e. The normalized spacial score (nSPS) is 11.7. The molecule has 0 aliphatic carbocycles. The van der Waals surface area contributed by atoms with E-state index in [1.165, 1.54) is 109 Å². The van der Waals surface area contributed by atoms with Crippen LogP contribution >= 0.6 is 0 Å². The summed E-state index contributed by atoms with van der Waals surface area (Å²) in [6.45, 7) is 2.29. The first-order valence-electron chi connectivity index (χ1n) is 10.1. The van der Waals surface area contributed by atoms with E-state index in [0.29, 0.717) is 0 Å². The van der Waals surface area contributed by atoms with E-state index in [-0.39, 0.29) is 9.76 Å². The van der Waals surface area contributed by atoms with Gasteiger partial charge >= 0.3 is 0 Å². The molecule has 3 heteroatoms. The van der Waals surface area contributed by atoms with Crippen molar-refractivity contribution >= 4 is 9.76 Å². The van der Waals surface area contributed by atoms with Crippen molar-refractivity contribution in [1.82, 2.24) is 0 Å². The van der Waals surface area contributed by atoms with Crippen LogP contribution in [-0.2, 0) is 9.46 Å². The van der Waals surface area contributed by atoms with Gasteiger partial charge in [0.05, 0.1) is 7.11 Å². The first kappa shape index (κ1) is 22.1. The third kappa shape index (κ3) is 20.1. The third-order valence-corrected chi connectivity index (χ3v) is 5.64. The van der Waals surface area contributed by atoms with Crippen LogP contribution in [0.4, 0.5) is 0 Å². The summed E-state index contributed by atoms with van der Waals surface area (Å²) in [6, 6.07) is 1.27. The van der Waals surface area contributed by atoms with Gasteiger partial charge in [0.2, 0.25) is 9.76 Å². The molecule has 0 rings (SSSR count). The molecule has 0 spiro atoms. The molecular weight excluding hydrogens is 288 g/mol. The lowest BCUT2D eigenvalue weighted by Crippen LogP contribution is -1.96. The van der Waals surface area contributed by atoms with Gasteiger partial charge in [0.1, 0.15) is 0 Å². The van der Waals surface area contributed by atoms with E-state index in [1.807, 2.05) is 0 Å². The van der Waals surface area contributed by atoms with Crippen molar-refractivity contribution in [3.05, 3.63) is 0 Å². The second-order valence-electron chi connectivity index (χ2n) is 6.65. The van der Waals surface area contributed by atoms with E-state index in [2.05, 4.69) is 11.8 Å². The molecule has 0 aromatic heterocycles. The van der Waals surface area contributed by atoms with Gasteiger partial charge in [-0.05, 0) is 6.04 Å². The summed E-state index contributed by atoms with van der Waals surface area (Å²) in [7, 11) is 1.24. The maximum Gasteiger partial charge on any atom is 0.208 e. The van der Waals surface area contributed by atoms with Crippen molar-refractivity contribution in [3.8, 4) is 0 Å². The number of unbranched alkanes of at least 4 members (excludes halogenated alkanes) is 15. The van der Waals surface area contributed by atoms with Crippen LogP contribution in [0.3, 0.4) is 0 Å². The molecule has 22 heavy (non-hydrogen) atoms. The lowest BCUT2D eigenvalue weighted by atomic mass is 10.0. The monoisotopic (exact) mass is 330 g/mol. The van der Waals surface area contributed by atoms with Crippen LogP contribution in [-0.4, -0.2) is 16.9 Å². The molecule has 0 saturated carbocycles. The molecule has 0 aromatic carbocycles. The SMILES string of the molecule is CCCCCCCCCCCCCCCCCC[SiH2]OOC. The van der Waals surface area contributed by atoms with E-state index < -0.39 is 0 Å². The van der Waals surface area contributed by atoms with Crippen LogP contribution in [0.15, 0.2) is 0 Å². The highest BCUT2D eigenvalue weighted by molar-refractivity contribution is 6.26. The molecule has 0 N–H and O–H groups in total. The predicted octanol–water partition coefficient (Wildman–Crippen LogP) is 6.33. The summed E-state index contributed by atoms with van der Waals surface area (Å²) in [6.07, 6.45) is 23.0. The van der Waals surface area contributed by atoms with Crippen LogP contribution in [0.5, 0.6) is 0 Å². The van der Waals surface area contributed by atoms with Crippen molar-refractivity contribution in [2.75, 3.05) is 7.11 Å². The number of hydrogen-bond acceptors (Lipinski definition) is 2. The molecule has 0 bridgehead atoms. The van der Waals surface area contributed by atoms with Crippen LogP contribution in [0.25, 0.3) is 0 Å². The molecular formula is C19H42O2Si. The number of rotatable bonds is 19.